The highest BCUT2D eigenvalue weighted by Crippen LogP contribution is 2.33. The standard InChI is InChI=1S/C16H12N2O3/c1-10-2-7-15-13(8-10)14(16(19)17-15)9-11-3-5-12(6-4-11)18(20)21/h2-9H,1H3,(H,17,19). The van der Waals surface area contributed by atoms with Crippen LogP contribution in [0.2, 0.25) is 0 Å². The summed E-state index contributed by atoms with van der Waals surface area (Å²) < 4.78 is 0. The predicted molar refractivity (Wildman–Crippen MR) is 80.8 cm³/mol. The van der Waals surface area contributed by atoms with E-state index in [0.29, 0.717) is 5.57 Å². The highest BCUT2D eigenvalue weighted by Gasteiger charge is 2.23. The zero-order chi connectivity index (χ0) is 15.0. The van der Waals surface area contributed by atoms with Crippen LogP contribution in [0, 0.1) is 17.0 Å². The van der Waals surface area contributed by atoms with Crippen molar-refractivity contribution in [2.45, 2.75) is 6.92 Å². The maximum Gasteiger partial charge on any atom is 0.269 e. The van der Waals surface area contributed by atoms with Crippen molar-refractivity contribution in [2.75, 3.05) is 5.32 Å². The van der Waals surface area contributed by atoms with Crippen molar-refractivity contribution in [1.29, 1.82) is 0 Å². The van der Waals surface area contributed by atoms with Crippen molar-refractivity contribution in [3.05, 3.63) is 69.3 Å². The van der Waals surface area contributed by atoms with Gasteiger partial charge in [0, 0.05) is 29.0 Å². The fourth-order valence-electron chi connectivity index (χ4n) is 2.30. The number of non-ortho nitro benzene ring substituents is 1. The highest BCUT2D eigenvalue weighted by molar-refractivity contribution is 6.34. The summed E-state index contributed by atoms with van der Waals surface area (Å²) in [5.74, 6) is -0.158. The van der Waals surface area contributed by atoms with Crippen molar-refractivity contribution in [3.63, 3.8) is 0 Å². The number of nitrogens with one attached hydrogen (secondary N) is 1. The molecule has 0 bridgehead atoms. The number of rotatable bonds is 2. The number of amides is 1. The van der Waals surface area contributed by atoms with E-state index in [9.17, 15) is 14.9 Å². The topological polar surface area (TPSA) is 72.2 Å². The molecule has 1 N–H and O–H groups in total. The Kier molecular flexibility index (Phi) is 3.02. The molecule has 21 heavy (non-hydrogen) atoms. The number of benzene rings is 2. The van der Waals surface area contributed by atoms with Gasteiger partial charge >= 0.3 is 0 Å². The maximum atomic E-state index is 12.0. The molecular weight excluding hydrogens is 268 g/mol. The van der Waals surface area contributed by atoms with Crippen LogP contribution in [0.3, 0.4) is 0 Å². The van der Waals surface area contributed by atoms with Crippen LogP contribution in [0.25, 0.3) is 11.6 Å². The molecule has 0 unspecified atom stereocenters. The Hall–Kier alpha value is -2.95. The molecule has 2 aromatic carbocycles. The molecule has 1 heterocycles. The summed E-state index contributed by atoms with van der Waals surface area (Å²) in [5.41, 5.74) is 4.07. The lowest BCUT2D eigenvalue weighted by molar-refractivity contribution is -0.384. The first-order valence-electron chi connectivity index (χ1n) is 6.43. The van der Waals surface area contributed by atoms with Gasteiger partial charge < -0.3 is 5.32 Å². The average Bonchev–Trinajstić information content (AvgIpc) is 2.76. The van der Waals surface area contributed by atoms with Crippen molar-refractivity contribution < 1.29 is 9.72 Å². The van der Waals surface area contributed by atoms with Gasteiger partial charge in [0.05, 0.1) is 4.92 Å². The Labute approximate surface area is 121 Å². The molecule has 1 aliphatic heterocycles. The quantitative estimate of drug-likeness (QED) is 0.520. The van der Waals surface area contributed by atoms with E-state index in [0.717, 1.165) is 22.4 Å². The number of anilines is 1. The molecule has 1 aliphatic rings. The van der Waals surface area contributed by atoms with Gasteiger partial charge in [-0.2, -0.15) is 0 Å². The van der Waals surface area contributed by atoms with Crippen molar-refractivity contribution in [3.8, 4) is 0 Å². The van der Waals surface area contributed by atoms with E-state index in [1.165, 1.54) is 12.1 Å². The van der Waals surface area contributed by atoms with Gasteiger partial charge in [-0.3, -0.25) is 14.9 Å². The summed E-state index contributed by atoms with van der Waals surface area (Å²) in [6.07, 6.45) is 1.74. The van der Waals surface area contributed by atoms with Gasteiger partial charge in [0.25, 0.3) is 11.6 Å². The molecule has 0 atom stereocenters. The number of fused-ring (bicyclic) bond motifs is 1. The number of carbonyl (C=O) groups excluding carboxylic acids is 1. The number of nitro benzene ring substituents is 1. The van der Waals surface area contributed by atoms with Crippen LogP contribution in [0.15, 0.2) is 42.5 Å². The molecule has 0 saturated heterocycles. The first-order chi connectivity index (χ1) is 10.0. The van der Waals surface area contributed by atoms with Gasteiger partial charge in [-0.05, 0) is 42.8 Å². The van der Waals surface area contributed by atoms with E-state index < -0.39 is 4.92 Å². The lowest BCUT2D eigenvalue weighted by Crippen LogP contribution is -2.03. The number of hydrogen-bond acceptors (Lipinski definition) is 3. The minimum Gasteiger partial charge on any atom is -0.321 e. The molecule has 104 valence electrons. The van der Waals surface area contributed by atoms with E-state index in [4.69, 9.17) is 0 Å². The number of nitrogens with zero attached hydrogens (tertiary/aromatic N) is 1. The van der Waals surface area contributed by atoms with E-state index >= 15 is 0 Å². The highest BCUT2D eigenvalue weighted by atomic mass is 16.6. The number of aryl methyl sites for hydroxylation is 1. The molecule has 5 heteroatoms. The summed E-state index contributed by atoms with van der Waals surface area (Å²) in [5, 5.41) is 13.4. The zero-order valence-corrected chi connectivity index (χ0v) is 11.3. The third kappa shape index (κ3) is 2.41. The van der Waals surface area contributed by atoms with Gasteiger partial charge in [0.1, 0.15) is 0 Å². The number of carbonyl (C=O) groups is 1. The van der Waals surface area contributed by atoms with E-state index in [-0.39, 0.29) is 11.6 Å². The van der Waals surface area contributed by atoms with E-state index in [1.807, 2.05) is 25.1 Å². The average molecular weight is 280 g/mol. The number of hydrogen-bond donors (Lipinski definition) is 1. The minimum atomic E-state index is -0.447. The Morgan fingerprint density at radius 1 is 1.14 bits per heavy atom. The van der Waals surface area contributed by atoms with Gasteiger partial charge in [0.2, 0.25) is 0 Å². The zero-order valence-electron chi connectivity index (χ0n) is 11.3. The SMILES string of the molecule is Cc1ccc2c(c1)C(=Cc1ccc([N+](=O)[O-])cc1)C(=O)N2. The van der Waals surface area contributed by atoms with Crippen LogP contribution in [0.1, 0.15) is 16.7 Å². The van der Waals surface area contributed by atoms with E-state index in [2.05, 4.69) is 5.32 Å². The van der Waals surface area contributed by atoms with Gasteiger partial charge in [0.15, 0.2) is 0 Å². The molecule has 1 amide bonds. The third-order valence-electron chi connectivity index (χ3n) is 3.37. The summed E-state index contributed by atoms with van der Waals surface area (Å²) >= 11 is 0. The van der Waals surface area contributed by atoms with Crippen LogP contribution in [0.4, 0.5) is 11.4 Å². The predicted octanol–water partition coefficient (Wildman–Crippen LogP) is 3.40. The fraction of sp³-hybridized carbons (Fsp3) is 0.0625. The molecule has 5 nitrogen and oxygen atoms in total. The lowest BCUT2D eigenvalue weighted by Gasteiger charge is -2.00. The van der Waals surface area contributed by atoms with Crippen LogP contribution in [-0.2, 0) is 4.79 Å². The minimum absolute atomic E-state index is 0.0317. The van der Waals surface area contributed by atoms with Crippen LogP contribution >= 0.6 is 0 Å². The molecule has 3 rings (SSSR count). The third-order valence-corrected chi connectivity index (χ3v) is 3.37. The second-order valence-corrected chi connectivity index (χ2v) is 4.91. The molecule has 0 spiro atoms. The van der Waals surface area contributed by atoms with Gasteiger partial charge in [-0.25, -0.2) is 0 Å². The van der Waals surface area contributed by atoms with Crippen molar-refractivity contribution in [2.24, 2.45) is 0 Å². The lowest BCUT2D eigenvalue weighted by atomic mass is 10.0. The molecule has 0 radical (unpaired) electrons. The molecule has 0 saturated carbocycles. The van der Waals surface area contributed by atoms with Crippen LogP contribution in [0.5, 0.6) is 0 Å². The van der Waals surface area contributed by atoms with Crippen molar-refractivity contribution in [1.82, 2.24) is 0 Å². The second kappa shape index (κ2) is 4.86. The Bertz CT molecular complexity index is 777. The smallest absolute Gasteiger partial charge is 0.269 e. The summed E-state index contributed by atoms with van der Waals surface area (Å²) in [6, 6.07) is 11.9. The van der Waals surface area contributed by atoms with Gasteiger partial charge in [-0.1, -0.05) is 11.6 Å². The molecule has 0 aromatic heterocycles. The second-order valence-electron chi connectivity index (χ2n) is 4.91. The molecule has 0 fully saturated rings. The normalized spacial score (nSPS) is 14.9. The molecule has 0 aliphatic carbocycles. The van der Waals surface area contributed by atoms with Crippen molar-refractivity contribution >= 4 is 28.9 Å². The molecular formula is C16H12N2O3. The van der Waals surface area contributed by atoms with E-state index in [1.54, 1.807) is 18.2 Å². The first kappa shape index (κ1) is 13.1. The van der Waals surface area contributed by atoms with Crippen LogP contribution < -0.4 is 5.32 Å². The van der Waals surface area contributed by atoms with Crippen LogP contribution in [-0.4, -0.2) is 10.8 Å². The largest absolute Gasteiger partial charge is 0.321 e. The molecule has 2 aromatic rings. The maximum absolute atomic E-state index is 12.0. The fourth-order valence-corrected chi connectivity index (χ4v) is 2.30. The Morgan fingerprint density at radius 3 is 2.52 bits per heavy atom. The monoisotopic (exact) mass is 280 g/mol. The number of nitro groups is 1. The first-order valence-corrected chi connectivity index (χ1v) is 6.43. The Balaban J connectivity index is 2.02. The summed E-state index contributed by atoms with van der Waals surface area (Å²) in [6.45, 7) is 1.96. The Morgan fingerprint density at radius 2 is 1.86 bits per heavy atom. The summed E-state index contributed by atoms with van der Waals surface area (Å²) in [7, 11) is 0. The van der Waals surface area contributed by atoms with Gasteiger partial charge in [-0.15, -0.1) is 0 Å². The summed E-state index contributed by atoms with van der Waals surface area (Å²) in [4.78, 5) is 22.2.